The van der Waals surface area contributed by atoms with Gasteiger partial charge in [0.05, 0.1) is 34.0 Å². The van der Waals surface area contributed by atoms with Gasteiger partial charge in [-0.25, -0.2) is 0 Å². The van der Waals surface area contributed by atoms with Gasteiger partial charge in [0.1, 0.15) is 11.5 Å². The summed E-state index contributed by atoms with van der Waals surface area (Å²) in [4.78, 5) is 17.6. The molecule has 5 rings (SSSR count). The molecule has 0 fully saturated rings. The quantitative estimate of drug-likeness (QED) is 0.269. The van der Waals surface area contributed by atoms with Gasteiger partial charge < -0.3 is 20.1 Å². The SMILES string of the molecule is COc1ccccc1Nc1c2c(nc3ccc(NC(=O)COc4ccc(Cl)c(Cl)c4)cc13)CCCC2. The molecule has 0 aliphatic heterocycles. The lowest BCUT2D eigenvalue weighted by atomic mass is 9.92. The number of para-hydroxylation sites is 2. The van der Waals surface area contributed by atoms with E-state index in [1.807, 2.05) is 42.5 Å². The molecule has 0 saturated carbocycles. The minimum Gasteiger partial charge on any atom is -0.495 e. The number of nitrogens with zero attached hydrogens (tertiary/aromatic N) is 1. The highest BCUT2D eigenvalue weighted by Gasteiger charge is 2.20. The standard InChI is InChI=1S/C28H25Cl2N3O3/c1-35-26-9-5-4-8-25(26)33-28-19-6-2-3-7-23(19)32-24-13-10-17(14-20(24)28)31-27(34)16-36-18-11-12-21(29)22(30)15-18/h4-5,8-15H,2-3,6-7,16H2,1H3,(H,31,34)(H,32,33). The fraction of sp³-hybridized carbons (Fsp3) is 0.214. The number of amides is 1. The smallest absolute Gasteiger partial charge is 0.262 e. The zero-order chi connectivity index (χ0) is 25.1. The van der Waals surface area contributed by atoms with E-state index in [0.717, 1.165) is 59.4 Å². The van der Waals surface area contributed by atoms with Crippen LogP contribution >= 0.6 is 23.2 Å². The highest BCUT2D eigenvalue weighted by molar-refractivity contribution is 6.42. The van der Waals surface area contributed by atoms with Gasteiger partial charge in [-0.05, 0) is 73.7 Å². The van der Waals surface area contributed by atoms with Crippen LogP contribution in [0.3, 0.4) is 0 Å². The molecule has 0 spiro atoms. The molecule has 1 heterocycles. The normalized spacial score (nSPS) is 12.6. The van der Waals surface area contributed by atoms with Crippen molar-refractivity contribution in [3.63, 3.8) is 0 Å². The molecule has 0 radical (unpaired) electrons. The first-order chi connectivity index (χ1) is 17.5. The Balaban J connectivity index is 1.43. The molecule has 8 heteroatoms. The van der Waals surface area contributed by atoms with Crippen LogP contribution in [0.4, 0.5) is 17.1 Å². The fourth-order valence-electron chi connectivity index (χ4n) is 4.44. The molecule has 0 unspecified atom stereocenters. The summed E-state index contributed by atoms with van der Waals surface area (Å²) < 4.78 is 11.1. The van der Waals surface area contributed by atoms with E-state index >= 15 is 0 Å². The van der Waals surface area contributed by atoms with Gasteiger partial charge in [-0.1, -0.05) is 35.3 Å². The van der Waals surface area contributed by atoms with E-state index in [2.05, 4.69) is 10.6 Å². The van der Waals surface area contributed by atoms with E-state index in [1.54, 1.807) is 25.3 Å². The number of ether oxygens (including phenoxy) is 2. The maximum Gasteiger partial charge on any atom is 0.262 e. The summed E-state index contributed by atoms with van der Waals surface area (Å²) >= 11 is 12.0. The average molecular weight is 522 g/mol. The number of carbonyl (C=O) groups excluding carboxylic acids is 1. The van der Waals surface area contributed by atoms with E-state index in [0.29, 0.717) is 21.5 Å². The number of methoxy groups -OCH3 is 1. The fourth-order valence-corrected chi connectivity index (χ4v) is 4.73. The number of fused-ring (bicyclic) bond motifs is 2. The van der Waals surface area contributed by atoms with Crippen molar-refractivity contribution in [3.05, 3.63) is 82.0 Å². The van der Waals surface area contributed by atoms with Gasteiger partial charge in [0.15, 0.2) is 6.61 Å². The minimum absolute atomic E-state index is 0.162. The van der Waals surface area contributed by atoms with Crippen molar-refractivity contribution in [3.8, 4) is 11.5 Å². The first-order valence-electron chi connectivity index (χ1n) is 11.7. The molecule has 1 amide bonds. The number of aromatic nitrogens is 1. The number of hydrogen-bond acceptors (Lipinski definition) is 5. The lowest BCUT2D eigenvalue weighted by Crippen LogP contribution is -2.20. The van der Waals surface area contributed by atoms with Crippen molar-refractivity contribution >= 4 is 57.1 Å². The number of hydrogen-bond donors (Lipinski definition) is 2. The van der Waals surface area contributed by atoms with Crippen LogP contribution in [0.5, 0.6) is 11.5 Å². The first kappa shape index (κ1) is 24.2. The van der Waals surface area contributed by atoms with Crippen molar-refractivity contribution < 1.29 is 14.3 Å². The van der Waals surface area contributed by atoms with Crippen LogP contribution in [0.2, 0.25) is 10.0 Å². The zero-order valence-electron chi connectivity index (χ0n) is 19.7. The second-order valence-electron chi connectivity index (χ2n) is 8.59. The third-order valence-corrected chi connectivity index (χ3v) is 6.91. The summed E-state index contributed by atoms with van der Waals surface area (Å²) in [5, 5.41) is 8.26. The maximum absolute atomic E-state index is 12.6. The lowest BCUT2D eigenvalue weighted by molar-refractivity contribution is -0.118. The Morgan fingerprint density at radius 3 is 2.67 bits per heavy atom. The summed E-state index contributed by atoms with van der Waals surface area (Å²) in [5.74, 6) is 0.943. The molecule has 3 aromatic carbocycles. The number of aryl methyl sites for hydroxylation is 1. The molecule has 1 aliphatic rings. The van der Waals surface area contributed by atoms with E-state index in [9.17, 15) is 4.79 Å². The van der Waals surface area contributed by atoms with Crippen molar-refractivity contribution in [2.75, 3.05) is 24.4 Å². The number of halogens is 2. The number of benzene rings is 3. The molecule has 184 valence electrons. The van der Waals surface area contributed by atoms with E-state index < -0.39 is 0 Å². The largest absolute Gasteiger partial charge is 0.495 e. The van der Waals surface area contributed by atoms with Crippen LogP contribution in [0.25, 0.3) is 10.9 Å². The Kier molecular flexibility index (Phi) is 7.16. The molecule has 0 saturated heterocycles. The third kappa shape index (κ3) is 5.20. The molecule has 0 bridgehead atoms. The van der Waals surface area contributed by atoms with Crippen LogP contribution < -0.4 is 20.1 Å². The van der Waals surface area contributed by atoms with Gasteiger partial charge in [-0.3, -0.25) is 9.78 Å². The zero-order valence-corrected chi connectivity index (χ0v) is 21.2. The summed E-state index contributed by atoms with van der Waals surface area (Å²) in [6.45, 7) is -0.162. The molecule has 1 aromatic heterocycles. The summed E-state index contributed by atoms with van der Waals surface area (Å²) in [6.07, 6.45) is 4.15. The first-order valence-corrected chi connectivity index (χ1v) is 12.5. The lowest BCUT2D eigenvalue weighted by Gasteiger charge is -2.23. The molecular formula is C28H25Cl2N3O3. The van der Waals surface area contributed by atoms with Crippen LogP contribution in [-0.2, 0) is 17.6 Å². The van der Waals surface area contributed by atoms with Crippen LogP contribution in [0.1, 0.15) is 24.1 Å². The van der Waals surface area contributed by atoms with Crippen molar-refractivity contribution in [1.82, 2.24) is 4.98 Å². The van der Waals surface area contributed by atoms with E-state index in [-0.39, 0.29) is 12.5 Å². The van der Waals surface area contributed by atoms with Gasteiger partial charge in [-0.15, -0.1) is 0 Å². The Morgan fingerprint density at radius 2 is 1.83 bits per heavy atom. The summed E-state index contributed by atoms with van der Waals surface area (Å²) in [5.41, 5.74) is 5.75. The molecule has 2 N–H and O–H groups in total. The number of carbonyl (C=O) groups is 1. The van der Waals surface area contributed by atoms with Crippen LogP contribution in [-0.4, -0.2) is 24.6 Å². The van der Waals surface area contributed by atoms with Crippen molar-refractivity contribution in [2.45, 2.75) is 25.7 Å². The number of anilines is 3. The van der Waals surface area contributed by atoms with Crippen molar-refractivity contribution in [1.29, 1.82) is 0 Å². The number of nitrogens with one attached hydrogen (secondary N) is 2. The van der Waals surface area contributed by atoms with Crippen molar-refractivity contribution in [2.24, 2.45) is 0 Å². The molecule has 1 aliphatic carbocycles. The molecule has 36 heavy (non-hydrogen) atoms. The predicted molar refractivity (Wildman–Crippen MR) is 145 cm³/mol. The predicted octanol–water partition coefficient (Wildman–Crippen LogP) is 7.19. The second-order valence-corrected chi connectivity index (χ2v) is 9.40. The Morgan fingerprint density at radius 1 is 1.00 bits per heavy atom. The van der Waals surface area contributed by atoms with E-state index in [4.69, 9.17) is 37.7 Å². The Hall–Kier alpha value is -3.48. The average Bonchev–Trinajstić information content (AvgIpc) is 2.89. The highest BCUT2D eigenvalue weighted by Crippen LogP contribution is 2.38. The van der Waals surface area contributed by atoms with Gasteiger partial charge in [0.25, 0.3) is 5.91 Å². The molecule has 6 nitrogen and oxygen atoms in total. The molecular weight excluding hydrogens is 497 g/mol. The minimum atomic E-state index is -0.287. The van der Waals surface area contributed by atoms with Crippen LogP contribution in [0.15, 0.2) is 60.7 Å². The van der Waals surface area contributed by atoms with Gasteiger partial charge >= 0.3 is 0 Å². The number of pyridine rings is 1. The van der Waals surface area contributed by atoms with Crippen LogP contribution in [0, 0.1) is 0 Å². The van der Waals surface area contributed by atoms with Gasteiger partial charge in [0, 0.05) is 22.8 Å². The number of rotatable bonds is 7. The summed E-state index contributed by atoms with van der Waals surface area (Å²) in [7, 11) is 1.66. The summed E-state index contributed by atoms with van der Waals surface area (Å²) in [6, 6.07) is 18.5. The van der Waals surface area contributed by atoms with Gasteiger partial charge in [-0.2, -0.15) is 0 Å². The maximum atomic E-state index is 12.6. The van der Waals surface area contributed by atoms with E-state index in [1.165, 1.54) is 5.56 Å². The molecule has 4 aromatic rings. The third-order valence-electron chi connectivity index (χ3n) is 6.17. The monoisotopic (exact) mass is 521 g/mol. The van der Waals surface area contributed by atoms with Gasteiger partial charge in [0.2, 0.25) is 0 Å². The Bertz CT molecular complexity index is 1440. The topological polar surface area (TPSA) is 72.5 Å². The molecule has 0 atom stereocenters. The Labute approximate surface area is 219 Å². The second kappa shape index (κ2) is 10.6. The highest BCUT2D eigenvalue weighted by atomic mass is 35.5.